The number of nitrogens with one attached hydrogen (secondary N) is 1. The van der Waals surface area contributed by atoms with Crippen LogP contribution in [0, 0.1) is 5.92 Å². The molecule has 1 heterocycles. The van der Waals surface area contributed by atoms with Crippen molar-refractivity contribution < 1.29 is 13.2 Å². The van der Waals surface area contributed by atoms with E-state index < -0.39 is 9.84 Å². The van der Waals surface area contributed by atoms with Crippen LogP contribution in [0.15, 0.2) is 24.3 Å². The summed E-state index contributed by atoms with van der Waals surface area (Å²) in [5.41, 5.74) is 0.996. The Morgan fingerprint density at radius 3 is 2.65 bits per heavy atom. The van der Waals surface area contributed by atoms with Crippen LogP contribution in [0.1, 0.15) is 26.7 Å². The second-order valence-electron chi connectivity index (χ2n) is 5.80. The molecule has 1 fully saturated rings. The molecule has 0 spiro atoms. The van der Waals surface area contributed by atoms with E-state index in [1.807, 2.05) is 24.3 Å². The van der Waals surface area contributed by atoms with Crippen LogP contribution < -0.4 is 10.1 Å². The maximum absolute atomic E-state index is 11.4. The first-order valence-electron chi connectivity index (χ1n) is 7.14. The standard InChI is InChI=1S/C15H23NO3S/c1-12(2)11-19-15-5-3-4-14(10-15)16-13-6-8-20(17,18)9-7-13/h3-5,10,12-13,16H,6-9,11H2,1-2H3. The van der Waals surface area contributed by atoms with E-state index in [9.17, 15) is 8.42 Å². The Morgan fingerprint density at radius 2 is 2.00 bits per heavy atom. The monoisotopic (exact) mass is 297 g/mol. The summed E-state index contributed by atoms with van der Waals surface area (Å²) in [6.07, 6.45) is 1.36. The van der Waals surface area contributed by atoms with Crippen molar-refractivity contribution in [1.82, 2.24) is 0 Å². The highest BCUT2D eigenvalue weighted by Crippen LogP contribution is 2.22. The molecule has 1 aromatic rings. The van der Waals surface area contributed by atoms with Crippen molar-refractivity contribution in [3.05, 3.63) is 24.3 Å². The summed E-state index contributed by atoms with van der Waals surface area (Å²) < 4.78 is 28.5. The van der Waals surface area contributed by atoms with E-state index in [-0.39, 0.29) is 17.5 Å². The minimum absolute atomic E-state index is 0.235. The van der Waals surface area contributed by atoms with Crippen molar-refractivity contribution in [3.63, 3.8) is 0 Å². The van der Waals surface area contributed by atoms with Crippen molar-refractivity contribution in [2.45, 2.75) is 32.7 Å². The molecule has 5 heteroatoms. The molecule has 1 aliphatic rings. The Bertz CT molecular complexity index is 526. The molecule has 0 amide bonds. The summed E-state index contributed by atoms with van der Waals surface area (Å²) in [5.74, 6) is 1.92. The van der Waals surface area contributed by atoms with Crippen molar-refractivity contribution >= 4 is 15.5 Å². The first-order chi connectivity index (χ1) is 9.44. The quantitative estimate of drug-likeness (QED) is 0.908. The Labute approximate surface area is 121 Å². The first-order valence-corrected chi connectivity index (χ1v) is 8.96. The third-order valence-corrected chi connectivity index (χ3v) is 5.06. The maximum atomic E-state index is 11.4. The van der Waals surface area contributed by atoms with Gasteiger partial charge in [0, 0.05) is 17.8 Å². The van der Waals surface area contributed by atoms with Gasteiger partial charge in [0.25, 0.3) is 0 Å². The molecule has 0 radical (unpaired) electrons. The molecule has 4 nitrogen and oxygen atoms in total. The lowest BCUT2D eigenvalue weighted by atomic mass is 10.1. The second kappa shape index (κ2) is 6.48. The van der Waals surface area contributed by atoms with Gasteiger partial charge in [0.15, 0.2) is 0 Å². The van der Waals surface area contributed by atoms with Crippen molar-refractivity contribution in [3.8, 4) is 5.75 Å². The highest BCUT2D eigenvalue weighted by molar-refractivity contribution is 7.91. The smallest absolute Gasteiger partial charge is 0.150 e. The summed E-state index contributed by atoms with van der Waals surface area (Å²) in [6.45, 7) is 4.93. The molecule has 112 valence electrons. The Hall–Kier alpha value is -1.23. The molecular formula is C15H23NO3S. The number of benzene rings is 1. The van der Waals surface area contributed by atoms with Crippen LogP contribution in [0.25, 0.3) is 0 Å². The van der Waals surface area contributed by atoms with Gasteiger partial charge in [-0.2, -0.15) is 0 Å². The SMILES string of the molecule is CC(C)COc1cccc(NC2CCS(=O)(=O)CC2)c1. The third-order valence-electron chi connectivity index (χ3n) is 3.34. The number of anilines is 1. The van der Waals surface area contributed by atoms with Crippen molar-refractivity contribution in [2.75, 3.05) is 23.4 Å². The van der Waals surface area contributed by atoms with E-state index >= 15 is 0 Å². The molecule has 1 aromatic carbocycles. The fraction of sp³-hybridized carbons (Fsp3) is 0.600. The summed E-state index contributed by atoms with van der Waals surface area (Å²) in [7, 11) is -2.80. The normalized spacial score (nSPS) is 18.9. The van der Waals surface area contributed by atoms with Gasteiger partial charge in [0.05, 0.1) is 18.1 Å². The fourth-order valence-electron chi connectivity index (χ4n) is 2.21. The second-order valence-corrected chi connectivity index (χ2v) is 8.11. The molecule has 1 aliphatic heterocycles. The van der Waals surface area contributed by atoms with E-state index in [0.29, 0.717) is 25.4 Å². The number of hydrogen-bond donors (Lipinski definition) is 1. The topological polar surface area (TPSA) is 55.4 Å². The van der Waals surface area contributed by atoms with Crippen LogP contribution in [0.2, 0.25) is 0 Å². The minimum Gasteiger partial charge on any atom is -0.493 e. The van der Waals surface area contributed by atoms with E-state index in [2.05, 4.69) is 19.2 Å². The van der Waals surface area contributed by atoms with Gasteiger partial charge in [0.2, 0.25) is 0 Å². The average molecular weight is 297 g/mol. The van der Waals surface area contributed by atoms with E-state index in [1.165, 1.54) is 0 Å². The van der Waals surface area contributed by atoms with Crippen LogP contribution >= 0.6 is 0 Å². The molecule has 0 aliphatic carbocycles. The maximum Gasteiger partial charge on any atom is 0.150 e. The highest BCUT2D eigenvalue weighted by Gasteiger charge is 2.23. The molecule has 0 aromatic heterocycles. The van der Waals surface area contributed by atoms with Gasteiger partial charge >= 0.3 is 0 Å². The summed E-state index contributed by atoms with van der Waals surface area (Å²) >= 11 is 0. The predicted octanol–water partition coefficient (Wildman–Crippen LogP) is 2.71. The lowest BCUT2D eigenvalue weighted by Crippen LogP contribution is -2.32. The lowest BCUT2D eigenvalue weighted by Gasteiger charge is -2.24. The Balaban J connectivity index is 1.91. The van der Waals surface area contributed by atoms with Crippen LogP contribution in [0.3, 0.4) is 0 Å². The largest absolute Gasteiger partial charge is 0.493 e. The molecule has 1 N–H and O–H groups in total. The van der Waals surface area contributed by atoms with Crippen LogP contribution in [0.5, 0.6) is 5.75 Å². The molecule has 0 saturated carbocycles. The summed E-state index contributed by atoms with van der Waals surface area (Å²) in [4.78, 5) is 0. The zero-order chi connectivity index (χ0) is 14.6. The van der Waals surface area contributed by atoms with Gasteiger partial charge in [-0.05, 0) is 30.9 Å². The molecule has 0 bridgehead atoms. The average Bonchev–Trinajstić information content (AvgIpc) is 2.39. The predicted molar refractivity (Wildman–Crippen MR) is 82.1 cm³/mol. The van der Waals surface area contributed by atoms with E-state index in [1.54, 1.807) is 0 Å². The van der Waals surface area contributed by atoms with E-state index in [0.717, 1.165) is 11.4 Å². The van der Waals surface area contributed by atoms with Crippen LogP contribution in [-0.4, -0.2) is 32.6 Å². The third kappa shape index (κ3) is 4.71. The molecule has 1 saturated heterocycles. The molecule has 0 atom stereocenters. The summed E-state index contributed by atoms with van der Waals surface area (Å²) in [6, 6.07) is 8.10. The van der Waals surface area contributed by atoms with Crippen molar-refractivity contribution in [2.24, 2.45) is 5.92 Å². The number of hydrogen-bond acceptors (Lipinski definition) is 4. The van der Waals surface area contributed by atoms with Gasteiger partial charge < -0.3 is 10.1 Å². The number of rotatable bonds is 5. The Morgan fingerprint density at radius 1 is 1.30 bits per heavy atom. The van der Waals surface area contributed by atoms with Crippen molar-refractivity contribution in [1.29, 1.82) is 0 Å². The Kier molecular flexibility index (Phi) is 4.91. The van der Waals surface area contributed by atoms with Crippen LogP contribution in [-0.2, 0) is 9.84 Å². The molecule has 20 heavy (non-hydrogen) atoms. The van der Waals surface area contributed by atoms with Gasteiger partial charge in [-0.25, -0.2) is 8.42 Å². The zero-order valence-corrected chi connectivity index (χ0v) is 12.9. The number of ether oxygens (including phenoxy) is 1. The molecular weight excluding hydrogens is 274 g/mol. The van der Waals surface area contributed by atoms with Gasteiger partial charge in [-0.3, -0.25) is 0 Å². The van der Waals surface area contributed by atoms with Gasteiger partial charge in [-0.15, -0.1) is 0 Å². The highest BCUT2D eigenvalue weighted by atomic mass is 32.2. The minimum atomic E-state index is -2.80. The lowest BCUT2D eigenvalue weighted by molar-refractivity contribution is 0.271. The molecule has 2 rings (SSSR count). The van der Waals surface area contributed by atoms with E-state index in [4.69, 9.17) is 4.74 Å². The summed E-state index contributed by atoms with van der Waals surface area (Å²) in [5, 5.41) is 3.40. The van der Waals surface area contributed by atoms with Gasteiger partial charge in [0.1, 0.15) is 15.6 Å². The van der Waals surface area contributed by atoms with Crippen LogP contribution in [0.4, 0.5) is 5.69 Å². The first kappa shape index (κ1) is 15.2. The molecule has 0 unspecified atom stereocenters. The number of sulfone groups is 1. The zero-order valence-electron chi connectivity index (χ0n) is 12.1. The van der Waals surface area contributed by atoms with Gasteiger partial charge in [-0.1, -0.05) is 19.9 Å². The fourth-order valence-corrected chi connectivity index (χ4v) is 3.70.